The number of hydrogen-bond donors (Lipinski definition) is 1. The normalized spacial score (nSPS) is 22.6. The Labute approximate surface area is 128 Å². The summed E-state index contributed by atoms with van der Waals surface area (Å²) >= 11 is 0. The summed E-state index contributed by atoms with van der Waals surface area (Å²) in [6, 6.07) is 18.5. The van der Waals surface area contributed by atoms with Crippen LogP contribution in [0.15, 0.2) is 48.5 Å². The molecule has 0 aliphatic heterocycles. The molecule has 1 N–H and O–H groups in total. The van der Waals surface area contributed by atoms with E-state index < -0.39 is 0 Å². The predicted octanol–water partition coefficient (Wildman–Crippen LogP) is 5.28. The van der Waals surface area contributed by atoms with Gasteiger partial charge in [0.1, 0.15) is 0 Å². The fourth-order valence-corrected chi connectivity index (χ4v) is 3.64. The fraction of sp³-hybridized carbons (Fsp3) is 0.400. The lowest BCUT2D eigenvalue weighted by Gasteiger charge is -2.33. The number of hydrogen-bond acceptors (Lipinski definition) is 1. The van der Waals surface area contributed by atoms with E-state index in [2.05, 4.69) is 74.6 Å². The van der Waals surface area contributed by atoms with Gasteiger partial charge in [0.05, 0.1) is 0 Å². The van der Waals surface area contributed by atoms with Crippen LogP contribution in [0.25, 0.3) is 0 Å². The lowest BCUT2D eigenvalue weighted by molar-refractivity contribution is 0.395. The van der Waals surface area contributed by atoms with Crippen LogP contribution >= 0.6 is 0 Å². The molecule has 1 heteroatoms. The van der Waals surface area contributed by atoms with Crippen molar-refractivity contribution in [1.29, 1.82) is 0 Å². The van der Waals surface area contributed by atoms with Crippen LogP contribution in [0, 0.1) is 6.92 Å². The van der Waals surface area contributed by atoms with Crippen molar-refractivity contribution in [3.05, 3.63) is 70.8 Å². The minimum atomic E-state index is 0.387. The highest BCUT2D eigenvalue weighted by Crippen LogP contribution is 2.38. The minimum Gasteiger partial charge on any atom is -0.303 e. The van der Waals surface area contributed by atoms with Crippen LogP contribution in [-0.2, 0) is 0 Å². The highest BCUT2D eigenvalue weighted by molar-refractivity contribution is 5.36. The van der Waals surface area contributed by atoms with Crippen LogP contribution in [0.2, 0.25) is 0 Å². The molecule has 0 fully saturated rings. The summed E-state index contributed by atoms with van der Waals surface area (Å²) in [4.78, 5) is 0. The van der Waals surface area contributed by atoms with Crippen LogP contribution in [-0.4, -0.2) is 0 Å². The molecule has 0 saturated heterocycles. The second-order valence-corrected chi connectivity index (χ2v) is 6.40. The second kappa shape index (κ2) is 6.03. The number of rotatable bonds is 3. The molecule has 2 aromatic rings. The van der Waals surface area contributed by atoms with Gasteiger partial charge < -0.3 is 5.32 Å². The topological polar surface area (TPSA) is 12.0 Å². The van der Waals surface area contributed by atoms with Gasteiger partial charge in [0.15, 0.2) is 0 Å². The van der Waals surface area contributed by atoms with Crippen LogP contribution in [0.4, 0.5) is 0 Å². The van der Waals surface area contributed by atoms with E-state index in [9.17, 15) is 0 Å². The van der Waals surface area contributed by atoms with Gasteiger partial charge in [-0.3, -0.25) is 0 Å². The molecular formula is C20H25N. The Kier molecular flexibility index (Phi) is 4.12. The Bertz CT molecular complexity index is 617. The van der Waals surface area contributed by atoms with E-state index in [1.807, 2.05) is 0 Å². The maximum Gasteiger partial charge on any atom is 0.0328 e. The summed E-state index contributed by atoms with van der Waals surface area (Å²) in [5.74, 6) is 0.688. The van der Waals surface area contributed by atoms with Crippen molar-refractivity contribution >= 4 is 0 Å². The van der Waals surface area contributed by atoms with Gasteiger partial charge in [-0.05, 0) is 54.9 Å². The first-order valence-corrected chi connectivity index (χ1v) is 8.07. The lowest BCUT2D eigenvalue weighted by Crippen LogP contribution is -2.28. The van der Waals surface area contributed by atoms with E-state index in [0.717, 1.165) is 0 Å². The monoisotopic (exact) mass is 279 g/mol. The number of nitrogens with one attached hydrogen (secondary N) is 1. The SMILES string of the molecule is Cc1ccccc1C(C)NC1CCC(C)c2ccccc21. The summed E-state index contributed by atoms with van der Waals surface area (Å²) < 4.78 is 0. The highest BCUT2D eigenvalue weighted by Gasteiger charge is 2.25. The fourth-order valence-electron chi connectivity index (χ4n) is 3.64. The Morgan fingerprint density at radius 1 is 0.952 bits per heavy atom. The van der Waals surface area contributed by atoms with Crippen LogP contribution < -0.4 is 5.32 Å². The summed E-state index contributed by atoms with van der Waals surface area (Å²) in [6.45, 7) is 6.83. The van der Waals surface area contributed by atoms with Gasteiger partial charge in [-0.25, -0.2) is 0 Å². The maximum absolute atomic E-state index is 3.85. The molecule has 0 amide bonds. The van der Waals surface area contributed by atoms with Gasteiger partial charge in [0.2, 0.25) is 0 Å². The molecule has 3 rings (SSSR count). The van der Waals surface area contributed by atoms with Crippen molar-refractivity contribution in [1.82, 2.24) is 5.32 Å². The molecule has 0 saturated carbocycles. The Balaban J connectivity index is 1.83. The Hall–Kier alpha value is -1.60. The summed E-state index contributed by atoms with van der Waals surface area (Å²) in [5, 5.41) is 3.85. The van der Waals surface area contributed by atoms with E-state index in [4.69, 9.17) is 0 Å². The van der Waals surface area contributed by atoms with Crippen molar-refractivity contribution in [3.63, 3.8) is 0 Å². The van der Waals surface area contributed by atoms with Crippen molar-refractivity contribution in [2.45, 2.75) is 51.6 Å². The maximum atomic E-state index is 3.85. The first-order chi connectivity index (χ1) is 10.2. The molecule has 1 nitrogen and oxygen atoms in total. The molecule has 0 aromatic heterocycles. The van der Waals surface area contributed by atoms with Crippen LogP contribution in [0.3, 0.4) is 0 Å². The lowest BCUT2D eigenvalue weighted by atomic mass is 9.80. The molecule has 0 bridgehead atoms. The highest BCUT2D eigenvalue weighted by atomic mass is 14.9. The van der Waals surface area contributed by atoms with Gasteiger partial charge >= 0.3 is 0 Å². The number of benzene rings is 2. The molecular weight excluding hydrogens is 254 g/mol. The molecule has 1 aliphatic carbocycles. The van der Waals surface area contributed by atoms with Crippen LogP contribution in [0.1, 0.15) is 66.9 Å². The number of aryl methyl sites for hydroxylation is 1. The zero-order valence-corrected chi connectivity index (χ0v) is 13.3. The smallest absolute Gasteiger partial charge is 0.0328 e. The molecule has 0 radical (unpaired) electrons. The Morgan fingerprint density at radius 2 is 1.62 bits per heavy atom. The van der Waals surface area contributed by atoms with E-state index in [-0.39, 0.29) is 0 Å². The van der Waals surface area contributed by atoms with E-state index in [1.54, 1.807) is 0 Å². The Morgan fingerprint density at radius 3 is 2.38 bits per heavy atom. The van der Waals surface area contributed by atoms with Gasteiger partial charge in [-0.2, -0.15) is 0 Å². The molecule has 3 unspecified atom stereocenters. The average Bonchev–Trinajstić information content (AvgIpc) is 2.51. The summed E-state index contributed by atoms with van der Waals surface area (Å²) in [5.41, 5.74) is 5.80. The largest absolute Gasteiger partial charge is 0.303 e. The molecule has 1 aliphatic rings. The van der Waals surface area contributed by atoms with E-state index in [1.165, 1.54) is 35.1 Å². The van der Waals surface area contributed by atoms with Crippen molar-refractivity contribution in [3.8, 4) is 0 Å². The molecule has 110 valence electrons. The molecule has 0 heterocycles. The van der Waals surface area contributed by atoms with Crippen molar-refractivity contribution in [2.24, 2.45) is 0 Å². The standard InChI is InChI=1S/C20H25N/c1-14-8-4-5-9-17(14)16(3)21-20-13-12-15(2)18-10-6-7-11-19(18)20/h4-11,15-16,20-21H,12-13H2,1-3H3. The third-order valence-electron chi connectivity index (χ3n) is 4.90. The third kappa shape index (κ3) is 2.89. The average molecular weight is 279 g/mol. The molecule has 2 aromatic carbocycles. The predicted molar refractivity (Wildman–Crippen MR) is 89.6 cm³/mol. The van der Waals surface area contributed by atoms with Crippen LogP contribution in [0.5, 0.6) is 0 Å². The van der Waals surface area contributed by atoms with E-state index in [0.29, 0.717) is 18.0 Å². The van der Waals surface area contributed by atoms with Crippen molar-refractivity contribution < 1.29 is 0 Å². The first-order valence-electron chi connectivity index (χ1n) is 8.07. The zero-order valence-electron chi connectivity index (χ0n) is 13.3. The molecule has 21 heavy (non-hydrogen) atoms. The van der Waals surface area contributed by atoms with Gasteiger partial charge in [-0.15, -0.1) is 0 Å². The second-order valence-electron chi connectivity index (χ2n) is 6.40. The zero-order chi connectivity index (χ0) is 14.8. The molecule has 3 atom stereocenters. The molecule has 0 spiro atoms. The van der Waals surface area contributed by atoms with Gasteiger partial charge in [0.25, 0.3) is 0 Å². The van der Waals surface area contributed by atoms with E-state index >= 15 is 0 Å². The summed E-state index contributed by atoms with van der Waals surface area (Å²) in [7, 11) is 0. The quantitative estimate of drug-likeness (QED) is 0.805. The van der Waals surface area contributed by atoms with Crippen molar-refractivity contribution in [2.75, 3.05) is 0 Å². The summed E-state index contributed by atoms with van der Waals surface area (Å²) in [6.07, 6.45) is 2.50. The van der Waals surface area contributed by atoms with Gasteiger partial charge in [0, 0.05) is 12.1 Å². The van der Waals surface area contributed by atoms with Gasteiger partial charge in [-0.1, -0.05) is 55.5 Å². The number of fused-ring (bicyclic) bond motifs is 1. The first kappa shape index (κ1) is 14.3. The minimum absolute atomic E-state index is 0.387. The third-order valence-corrected chi connectivity index (χ3v) is 4.90.